The zero-order valence-electron chi connectivity index (χ0n) is 16.3. The molecule has 8 nitrogen and oxygen atoms in total. The molecule has 1 aliphatic rings. The molecule has 1 aliphatic heterocycles. The van der Waals surface area contributed by atoms with Gasteiger partial charge in [-0.1, -0.05) is 24.2 Å². The minimum atomic E-state index is -0.506. The molecule has 1 amide bonds. The number of nitrogens with two attached hydrogens (primary N) is 1. The Balaban J connectivity index is 0.00000280. The summed E-state index contributed by atoms with van der Waals surface area (Å²) < 4.78 is 10.8. The fraction of sp³-hybridized carbons (Fsp3) is 0.526. The van der Waals surface area contributed by atoms with Gasteiger partial charge in [-0.05, 0) is 31.0 Å². The summed E-state index contributed by atoms with van der Waals surface area (Å²) in [4.78, 5) is 20.9. The number of hydrogen-bond acceptors (Lipinski definition) is 7. The van der Waals surface area contributed by atoms with Crippen molar-refractivity contribution >= 4 is 18.3 Å². The molecular formula is C19H28ClN5O3. The summed E-state index contributed by atoms with van der Waals surface area (Å²) in [5, 5.41) is 3.91. The van der Waals surface area contributed by atoms with Crippen LogP contribution in [0.1, 0.15) is 31.1 Å². The fourth-order valence-corrected chi connectivity index (χ4v) is 3.08. The van der Waals surface area contributed by atoms with Gasteiger partial charge in [-0.15, -0.1) is 12.4 Å². The second kappa shape index (κ2) is 10.4. The predicted molar refractivity (Wildman–Crippen MR) is 107 cm³/mol. The summed E-state index contributed by atoms with van der Waals surface area (Å²) in [5.41, 5.74) is 6.73. The number of hydrogen-bond donors (Lipinski definition) is 1. The number of benzene rings is 1. The second-order valence-electron chi connectivity index (χ2n) is 6.67. The molecule has 2 aromatic rings. The van der Waals surface area contributed by atoms with Gasteiger partial charge in [-0.25, -0.2) is 0 Å². The van der Waals surface area contributed by atoms with Gasteiger partial charge < -0.3 is 19.9 Å². The van der Waals surface area contributed by atoms with Gasteiger partial charge in [0.2, 0.25) is 5.89 Å². The number of ether oxygens (including phenoxy) is 1. The Morgan fingerprint density at radius 2 is 1.93 bits per heavy atom. The van der Waals surface area contributed by atoms with Crippen molar-refractivity contribution in [1.82, 2.24) is 19.9 Å². The van der Waals surface area contributed by atoms with Crippen molar-refractivity contribution in [1.29, 1.82) is 0 Å². The van der Waals surface area contributed by atoms with Gasteiger partial charge >= 0.3 is 0 Å². The molecule has 0 spiro atoms. The highest BCUT2D eigenvalue weighted by Crippen LogP contribution is 2.16. The van der Waals surface area contributed by atoms with Crippen LogP contribution in [0, 0.1) is 0 Å². The van der Waals surface area contributed by atoms with Gasteiger partial charge in [0.1, 0.15) is 5.75 Å². The highest BCUT2D eigenvalue weighted by atomic mass is 35.5. The van der Waals surface area contributed by atoms with E-state index in [-0.39, 0.29) is 24.9 Å². The van der Waals surface area contributed by atoms with Crippen molar-refractivity contribution in [3.63, 3.8) is 0 Å². The number of rotatable bonds is 7. The van der Waals surface area contributed by atoms with E-state index in [0.29, 0.717) is 31.3 Å². The monoisotopic (exact) mass is 409 g/mol. The highest BCUT2D eigenvalue weighted by Gasteiger charge is 2.26. The molecule has 1 aromatic carbocycles. The molecule has 2 N–H and O–H groups in total. The van der Waals surface area contributed by atoms with Gasteiger partial charge in [0.15, 0.2) is 11.9 Å². The Morgan fingerprint density at radius 1 is 1.25 bits per heavy atom. The Morgan fingerprint density at radius 3 is 2.50 bits per heavy atom. The van der Waals surface area contributed by atoms with Crippen LogP contribution in [0.5, 0.6) is 5.75 Å². The number of piperazine rings is 1. The van der Waals surface area contributed by atoms with Gasteiger partial charge in [0.05, 0.1) is 13.1 Å². The Labute approximate surface area is 171 Å². The molecule has 0 bridgehead atoms. The van der Waals surface area contributed by atoms with E-state index in [1.807, 2.05) is 29.2 Å². The maximum absolute atomic E-state index is 12.7. The number of amides is 1. The fourth-order valence-electron chi connectivity index (χ4n) is 3.08. The van der Waals surface area contributed by atoms with Crippen LogP contribution >= 0.6 is 12.4 Å². The number of aryl methyl sites for hydroxylation is 1. The minimum Gasteiger partial charge on any atom is -0.481 e. The van der Waals surface area contributed by atoms with Crippen molar-refractivity contribution in [2.45, 2.75) is 39.5 Å². The van der Waals surface area contributed by atoms with Crippen LogP contribution in [0.25, 0.3) is 0 Å². The van der Waals surface area contributed by atoms with E-state index < -0.39 is 6.10 Å². The van der Waals surface area contributed by atoms with Crippen LogP contribution in [0.2, 0.25) is 0 Å². The summed E-state index contributed by atoms with van der Waals surface area (Å²) >= 11 is 0. The van der Waals surface area contributed by atoms with E-state index in [2.05, 4.69) is 22.0 Å². The molecule has 9 heteroatoms. The molecule has 1 saturated heterocycles. The quantitative estimate of drug-likeness (QED) is 0.741. The smallest absolute Gasteiger partial charge is 0.263 e. The average molecular weight is 410 g/mol. The highest BCUT2D eigenvalue weighted by molar-refractivity contribution is 5.85. The van der Waals surface area contributed by atoms with Gasteiger partial charge in [-0.2, -0.15) is 4.98 Å². The number of nitrogens with zero attached hydrogens (tertiary/aromatic N) is 4. The Hall–Kier alpha value is -2.16. The zero-order valence-corrected chi connectivity index (χ0v) is 17.2. The van der Waals surface area contributed by atoms with E-state index >= 15 is 0 Å². The maximum Gasteiger partial charge on any atom is 0.263 e. The number of aromatic nitrogens is 2. The van der Waals surface area contributed by atoms with Crippen molar-refractivity contribution in [3.8, 4) is 5.75 Å². The van der Waals surface area contributed by atoms with Crippen LogP contribution in [-0.4, -0.2) is 58.1 Å². The molecule has 1 fully saturated rings. The number of carbonyl (C=O) groups excluding carboxylic acids is 1. The van der Waals surface area contributed by atoms with E-state index in [1.165, 1.54) is 5.56 Å². The SMILES string of the molecule is CCc1ccc(OC(C)C(=O)N2CCN(Cc3noc(CN)n3)CC2)cc1.Cl. The largest absolute Gasteiger partial charge is 0.481 e. The van der Waals surface area contributed by atoms with Gasteiger partial charge in [-0.3, -0.25) is 9.69 Å². The molecule has 3 rings (SSSR count). The number of halogens is 1. The van der Waals surface area contributed by atoms with Crippen molar-refractivity contribution < 1.29 is 14.1 Å². The molecule has 154 valence electrons. The molecule has 1 unspecified atom stereocenters. The van der Waals surface area contributed by atoms with E-state index in [9.17, 15) is 4.79 Å². The first kappa shape index (κ1) is 22.1. The molecule has 0 radical (unpaired) electrons. The molecule has 0 saturated carbocycles. The van der Waals surface area contributed by atoms with E-state index in [4.69, 9.17) is 15.0 Å². The topological polar surface area (TPSA) is 97.7 Å². The Bertz CT molecular complexity index is 744. The lowest BCUT2D eigenvalue weighted by atomic mass is 10.2. The Kier molecular flexibility index (Phi) is 8.22. The maximum atomic E-state index is 12.7. The summed E-state index contributed by atoms with van der Waals surface area (Å²) in [7, 11) is 0. The van der Waals surface area contributed by atoms with E-state index in [1.54, 1.807) is 6.92 Å². The molecule has 1 aromatic heterocycles. The number of carbonyl (C=O) groups is 1. The third kappa shape index (κ3) is 5.67. The van der Waals surface area contributed by atoms with Crippen molar-refractivity contribution in [2.75, 3.05) is 26.2 Å². The van der Waals surface area contributed by atoms with Crippen LogP contribution < -0.4 is 10.5 Å². The standard InChI is InChI=1S/C19H27N5O3.ClH/c1-3-15-4-6-16(7-5-15)26-14(2)19(25)24-10-8-23(9-11-24)13-17-21-18(12-20)27-22-17;/h4-7,14H,3,8-13,20H2,1-2H3;1H. The van der Waals surface area contributed by atoms with Crippen molar-refractivity contribution in [3.05, 3.63) is 41.5 Å². The van der Waals surface area contributed by atoms with Crippen LogP contribution in [0.4, 0.5) is 0 Å². The molecular weight excluding hydrogens is 382 g/mol. The zero-order chi connectivity index (χ0) is 19.2. The third-order valence-electron chi connectivity index (χ3n) is 4.73. The first-order valence-electron chi connectivity index (χ1n) is 9.37. The lowest BCUT2D eigenvalue weighted by molar-refractivity contribution is -0.139. The second-order valence-corrected chi connectivity index (χ2v) is 6.67. The normalized spacial score (nSPS) is 15.8. The minimum absolute atomic E-state index is 0. The van der Waals surface area contributed by atoms with Gasteiger partial charge in [0, 0.05) is 26.2 Å². The van der Waals surface area contributed by atoms with Gasteiger partial charge in [0.25, 0.3) is 5.91 Å². The van der Waals surface area contributed by atoms with E-state index in [0.717, 1.165) is 25.3 Å². The molecule has 2 heterocycles. The molecule has 28 heavy (non-hydrogen) atoms. The first-order valence-corrected chi connectivity index (χ1v) is 9.37. The first-order chi connectivity index (χ1) is 13.1. The summed E-state index contributed by atoms with van der Waals surface area (Å²) in [6.45, 7) is 7.58. The molecule has 0 aliphatic carbocycles. The van der Waals surface area contributed by atoms with Crippen LogP contribution in [0.3, 0.4) is 0 Å². The summed E-state index contributed by atoms with van der Waals surface area (Å²) in [6, 6.07) is 7.89. The molecule has 1 atom stereocenters. The summed E-state index contributed by atoms with van der Waals surface area (Å²) in [6.07, 6.45) is 0.476. The van der Waals surface area contributed by atoms with Crippen LogP contribution in [-0.2, 0) is 24.3 Å². The van der Waals surface area contributed by atoms with Crippen molar-refractivity contribution in [2.24, 2.45) is 5.73 Å². The van der Waals surface area contributed by atoms with Crippen LogP contribution in [0.15, 0.2) is 28.8 Å². The third-order valence-corrected chi connectivity index (χ3v) is 4.73. The average Bonchev–Trinajstić information content (AvgIpc) is 3.16. The lowest BCUT2D eigenvalue weighted by Crippen LogP contribution is -2.51. The lowest BCUT2D eigenvalue weighted by Gasteiger charge is -2.35. The predicted octanol–water partition coefficient (Wildman–Crippen LogP) is 1.62. The summed E-state index contributed by atoms with van der Waals surface area (Å²) in [5.74, 6) is 1.80.